The molecule has 2 aromatic heterocycles. The quantitative estimate of drug-likeness (QED) is 0.525. The van der Waals surface area contributed by atoms with Gasteiger partial charge in [-0.25, -0.2) is 9.97 Å². The molecule has 4 N–H and O–H groups in total. The number of aromatic amines is 1. The third-order valence-corrected chi connectivity index (χ3v) is 4.09. The minimum Gasteiger partial charge on any atom is -0.366 e. The normalized spacial score (nSPS) is 10.8. The summed E-state index contributed by atoms with van der Waals surface area (Å²) in [5.41, 5.74) is 9.29. The lowest BCUT2D eigenvalue weighted by Crippen LogP contribution is -2.10. The van der Waals surface area contributed by atoms with Crippen molar-refractivity contribution in [3.63, 3.8) is 0 Å². The van der Waals surface area contributed by atoms with Gasteiger partial charge in [0.25, 0.3) is 0 Å². The molecule has 0 saturated heterocycles. The first kappa shape index (κ1) is 15.8. The number of carbonyl (C=O) groups is 1. The second-order valence-electron chi connectivity index (χ2n) is 6.04. The Bertz CT molecular complexity index is 1080. The van der Waals surface area contributed by atoms with Crippen molar-refractivity contribution in [1.82, 2.24) is 15.0 Å². The number of hydrogen-bond acceptors (Lipinski definition) is 4. The highest BCUT2D eigenvalue weighted by Crippen LogP contribution is 2.28. The van der Waals surface area contributed by atoms with E-state index < -0.39 is 5.91 Å². The summed E-state index contributed by atoms with van der Waals surface area (Å²) in [6, 6.07) is 18.8. The minimum absolute atomic E-state index is 0.450. The summed E-state index contributed by atoms with van der Waals surface area (Å²) in [6.45, 7) is 1.98. The molecule has 128 valence electrons. The second kappa shape index (κ2) is 6.33. The molecule has 6 nitrogen and oxygen atoms in total. The summed E-state index contributed by atoms with van der Waals surface area (Å²) in [6.07, 6.45) is 0. The maximum absolute atomic E-state index is 11.2. The van der Waals surface area contributed by atoms with Gasteiger partial charge in [-0.15, -0.1) is 0 Å². The van der Waals surface area contributed by atoms with Gasteiger partial charge in [0.05, 0.1) is 5.39 Å². The summed E-state index contributed by atoms with van der Waals surface area (Å²) >= 11 is 0. The van der Waals surface area contributed by atoms with Crippen molar-refractivity contribution in [3.8, 4) is 11.4 Å². The number of amides is 1. The number of nitrogens with two attached hydrogens (primary N) is 1. The van der Waals surface area contributed by atoms with Crippen LogP contribution in [0, 0.1) is 6.92 Å². The number of fused-ring (bicyclic) bond motifs is 1. The predicted molar refractivity (Wildman–Crippen MR) is 102 cm³/mol. The van der Waals surface area contributed by atoms with E-state index in [1.54, 1.807) is 24.3 Å². The summed E-state index contributed by atoms with van der Waals surface area (Å²) in [5, 5.41) is 4.22. The third kappa shape index (κ3) is 3.00. The van der Waals surface area contributed by atoms with E-state index in [2.05, 4.69) is 15.3 Å². The van der Waals surface area contributed by atoms with E-state index in [1.165, 1.54) is 0 Å². The van der Waals surface area contributed by atoms with E-state index in [9.17, 15) is 4.79 Å². The molecule has 0 unspecified atom stereocenters. The molecule has 0 atom stereocenters. The van der Waals surface area contributed by atoms with Gasteiger partial charge in [0, 0.05) is 22.5 Å². The first-order chi connectivity index (χ1) is 12.6. The highest BCUT2D eigenvalue weighted by Gasteiger charge is 2.12. The Kier molecular flexibility index (Phi) is 3.85. The molecule has 0 aliphatic heterocycles. The molecule has 26 heavy (non-hydrogen) atoms. The van der Waals surface area contributed by atoms with Crippen LogP contribution < -0.4 is 11.1 Å². The summed E-state index contributed by atoms with van der Waals surface area (Å²) in [7, 11) is 0. The van der Waals surface area contributed by atoms with Gasteiger partial charge in [0.1, 0.15) is 11.5 Å². The lowest BCUT2D eigenvalue weighted by Gasteiger charge is -2.09. The zero-order chi connectivity index (χ0) is 18.1. The number of aromatic nitrogens is 3. The number of carbonyl (C=O) groups excluding carboxylic acids is 1. The Morgan fingerprint density at radius 3 is 2.46 bits per heavy atom. The molecule has 6 heteroatoms. The molecular weight excluding hydrogens is 326 g/mol. The molecule has 4 aromatic rings. The number of hydrogen-bond donors (Lipinski definition) is 3. The zero-order valence-electron chi connectivity index (χ0n) is 14.2. The largest absolute Gasteiger partial charge is 0.366 e. The summed E-state index contributed by atoms with van der Waals surface area (Å²) < 4.78 is 0. The van der Waals surface area contributed by atoms with Crippen LogP contribution in [-0.2, 0) is 0 Å². The number of benzene rings is 2. The van der Waals surface area contributed by atoms with E-state index in [0.29, 0.717) is 17.2 Å². The monoisotopic (exact) mass is 343 g/mol. The Morgan fingerprint density at radius 1 is 1.04 bits per heavy atom. The SMILES string of the molecule is Cc1cc2c(Nc3ccc(C(N)=O)cc3)nc(-c3ccccc3)nc2[nH]1. The molecule has 0 fully saturated rings. The lowest BCUT2D eigenvalue weighted by molar-refractivity contribution is 0.100. The van der Waals surface area contributed by atoms with Crippen molar-refractivity contribution in [3.05, 3.63) is 71.9 Å². The van der Waals surface area contributed by atoms with Crippen molar-refractivity contribution in [2.45, 2.75) is 6.92 Å². The average molecular weight is 343 g/mol. The number of primary amides is 1. The molecule has 0 radical (unpaired) electrons. The fraction of sp³-hybridized carbons (Fsp3) is 0.0500. The molecule has 0 aliphatic rings. The number of H-pyrrole nitrogens is 1. The lowest BCUT2D eigenvalue weighted by atomic mass is 10.2. The van der Waals surface area contributed by atoms with Crippen LogP contribution in [0.2, 0.25) is 0 Å². The number of aryl methyl sites for hydroxylation is 1. The van der Waals surface area contributed by atoms with Crippen LogP contribution in [-0.4, -0.2) is 20.9 Å². The molecule has 0 bridgehead atoms. The first-order valence-electron chi connectivity index (χ1n) is 8.20. The van der Waals surface area contributed by atoms with Crippen molar-refractivity contribution < 1.29 is 4.79 Å². The highest BCUT2D eigenvalue weighted by molar-refractivity contribution is 5.94. The topological polar surface area (TPSA) is 96.7 Å². The Hall–Kier alpha value is -3.67. The first-order valence-corrected chi connectivity index (χ1v) is 8.20. The Labute approximate surface area is 150 Å². The van der Waals surface area contributed by atoms with Gasteiger partial charge in [-0.2, -0.15) is 0 Å². The van der Waals surface area contributed by atoms with Gasteiger partial charge in [0.15, 0.2) is 5.82 Å². The van der Waals surface area contributed by atoms with E-state index in [4.69, 9.17) is 10.7 Å². The van der Waals surface area contributed by atoms with Crippen LogP contribution >= 0.6 is 0 Å². The van der Waals surface area contributed by atoms with Crippen LogP contribution in [0.3, 0.4) is 0 Å². The molecule has 1 amide bonds. The van der Waals surface area contributed by atoms with Crippen LogP contribution in [0.5, 0.6) is 0 Å². The number of anilines is 2. The molecule has 4 rings (SSSR count). The Balaban J connectivity index is 1.78. The zero-order valence-corrected chi connectivity index (χ0v) is 14.2. The van der Waals surface area contributed by atoms with Crippen molar-refractivity contribution in [1.29, 1.82) is 0 Å². The molecule has 0 aliphatic carbocycles. The predicted octanol–water partition coefficient (Wildman–Crippen LogP) is 3.78. The molecule has 2 aromatic carbocycles. The van der Waals surface area contributed by atoms with Gasteiger partial charge < -0.3 is 16.0 Å². The van der Waals surface area contributed by atoms with E-state index in [1.807, 2.05) is 43.3 Å². The summed E-state index contributed by atoms with van der Waals surface area (Å²) in [5.74, 6) is 0.884. The third-order valence-electron chi connectivity index (χ3n) is 4.09. The van der Waals surface area contributed by atoms with Crippen LogP contribution in [0.1, 0.15) is 16.1 Å². The van der Waals surface area contributed by atoms with E-state index in [0.717, 1.165) is 28.0 Å². The average Bonchev–Trinajstić information content (AvgIpc) is 3.03. The van der Waals surface area contributed by atoms with Gasteiger partial charge in [-0.05, 0) is 37.3 Å². The molecule has 2 heterocycles. The highest BCUT2D eigenvalue weighted by atomic mass is 16.1. The standard InChI is InChI=1S/C20H17N5O/c1-12-11-16-19(22-12)24-18(14-5-3-2-4-6-14)25-20(16)23-15-9-7-13(8-10-15)17(21)26/h2-11H,1H3,(H2,21,26)(H2,22,23,24,25). The fourth-order valence-corrected chi connectivity index (χ4v) is 2.81. The number of nitrogens with one attached hydrogen (secondary N) is 2. The van der Waals surface area contributed by atoms with Gasteiger partial charge >= 0.3 is 0 Å². The molecule has 0 spiro atoms. The van der Waals surface area contributed by atoms with Crippen molar-refractivity contribution in [2.24, 2.45) is 5.73 Å². The molecular formula is C20H17N5O. The smallest absolute Gasteiger partial charge is 0.248 e. The maximum atomic E-state index is 11.2. The van der Waals surface area contributed by atoms with Crippen molar-refractivity contribution in [2.75, 3.05) is 5.32 Å². The second-order valence-corrected chi connectivity index (χ2v) is 6.04. The fourth-order valence-electron chi connectivity index (χ4n) is 2.81. The number of nitrogens with zero attached hydrogens (tertiary/aromatic N) is 2. The van der Waals surface area contributed by atoms with Gasteiger partial charge in [-0.3, -0.25) is 4.79 Å². The maximum Gasteiger partial charge on any atom is 0.248 e. The van der Waals surface area contributed by atoms with Crippen LogP contribution in [0.4, 0.5) is 11.5 Å². The van der Waals surface area contributed by atoms with E-state index >= 15 is 0 Å². The van der Waals surface area contributed by atoms with Crippen LogP contribution in [0.15, 0.2) is 60.7 Å². The Morgan fingerprint density at radius 2 is 1.77 bits per heavy atom. The summed E-state index contributed by atoms with van der Waals surface area (Å²) in [4.78, 5) is 23.8. The van der Waals surface area contributed by atoms with E-state index in [-0.39, 0.29) is 0 Å². The minimum atomic E-state index is -0.450. The molecule has 0 saturated carbocycles. The van der Waals surface area contributed by atoms with Gasteiger partial charge in [0.2, 0.25) is 5.91 Å². The van der Waals surface area contributed by atoms with Crippen molar-refractivity contribution >= 4 is 28.4 Å². The van der Waals surface area contributed by atoms with Crippen LogP contribution in [0.25, 0.3) is 22.4 Å². The van der Waals surface area contributed by atoms with Gasteiger partial charge in [-0.1, -0.05) is 30.3 Å². The number of rotatable bonds is 4.